The summed E-state index contributed by atoms with van der Waals surface area (Å²) in [5, 5.41) is 9.90. The normalized spacial score (nSPS) is 19.8. The average molecular weight is 172 g/mol. The number of nitrogens with zero attached hydrogens (tertiary/aromatic N) is 1. The van der Waals surface area contributed by atoms with Crippen molar-refractivity contribution in [3.8, 4) is 0 Å². The summed E-state index contributed by atoms with van der Waals surface area (Å²) < 4.78 is 0. The maximum atomic E-state index is 11.0. The molecule has 1 saturated heterocycles. The van der Waals surface area contributed by atoms with E-state index in [-0.39, 0.29) is 5.91 Å². The van der Waals surface area contributed by atoms with Crippen LogP contribution in [0.2, 0.25) is 0 Å². The molecule has 0 bridgehead atoms. The second kappa shape index (κ2) is 3.53. The van der Waals surface area contributed by atoms with Gasteiger partial charge in [-0.15, -0.1) is 0 Å². The van der Waals surface area contributed by atoms with E-state index in [9.17, 15) is 9.59 Å². The van der Waals surface area contributed by atoms with Crippen LogP contribution in [0.4, 0.5) is 0 Å². The van der Waals surface area contributed by atoms with Crippen molar-refractivity contribution in [3.63, 3.8) is 0 Å². The number of amides is 1. The first-order valence-electron chi connectivity index (χ1n) is 3.90. The predicted molar refractivity (Wildman–Crippen MR) is 41.2 cm³/mol. The van der Waals surface area contributed by atoms with Crippen LogP contribution in [0.25, 0.3) is 0 Å². The van der Waals surface area contributed by atoms with Crippen molar-refractivity contribution in [2.45, 2.75) is 25.8 Å². The number of carboxylic acid groups (broad SMARTS) is 1. The zero-order valence-electron chi connectivity index (χ0n) is 6.91. The fraction of sp³-hybridized carbons (Fsp3) is 0.714. The van der Waals surface area contributed by atoms with Gasteiger partial charge >= 0.3 is 5.97 Å². The number of carbonyl (C=O) groups is 2. The Labute approximate surface area is 70.3 Å². The summed E-state index contributed by atoms with van der Waals surface area (Å²) in [6.45, 7) is 2.12. The molecule has 0 aliphatic carbocycles. The van der Waals surface area contributed by atoms with Crippen LogP contribution in [0, 0.1) is 0 Å². The second-order valence-electron chi connectivity index (χ2n) is 2.84. The monoisotopic (exact) mass is 172 g/mol. The zero-order chi connectivity index (χ0) is 9.14. The van der Waals surface area contributed by atoms with Gasteiger partial charge in [0.05, 0.1) is 0 Å². The first-order chi connectivity index (χ1) is 5.61. The minimum Gasteiger partial charge on any atom is -0.480 e. The van der Waals surface area contributed by atoms with Gasteiger partial charge in [0.2, 0.25) is 5.91 Å². The maximum Gasteiger partial charge on any atom is 0.322 e. The number of hydrogen-bond acceptors (Lipinski definition) is 3. The number of aliphatic carboxylic acids is 1. The summed E-state index contributed by atoms with van der Waals surface area (Å²) in [4.78, 5) is 21.4. The van der Waals surface area contributed by atoms with Gasteiger partial charge in [-0.25, -0.2) is 5.43 Å². The molecule has 1 aliphatic rings. The van der Waals surface area contributed by atoms with Crippen LogP contribution in [0.1, 0.15) is 19.8 Å². The van der Waals surface area contributed by atoms with Crippen LogP contribution in [0.3, 0.4) is 0 Å². The maximum absolute atomic E-state index is 11.0. The molecule has 0 aromatic heterocycles. The highest BCUT2D eigenvalue weighted by Gasteiger charge is 2.23. The van der Waals surface area contributed by atoms with E-state index in [2.05, 4.69) is 5.43 Å². The van der Waals surface area contributed by atoms with E-state index in [1.807, 2.05) is 0 Å². The van der Waals surface area contributed by atoms with Crippen molar-refractivity contribution in [1.29, 1.82) is 0 Å². The highest BCUT2D eigenvalue weighted by Crippen LogP contribution is 2.06. The second-order valence-corrected chi connectivity index (χ2v) is 2.84. The van der Waals surface area contributed by atoms with E-state index < -0.39 is 12.0 Å². The molecule has 1 amide bonds. The SMILES string of the molecule is C[C@H](NN1CCCC1=O)C(=O)O. The standard InChI is InChI=1S/C7H12N2O3/c1-5(7(11)12)8-9-4-2-3-6(9)10/h5,8H,2-4H2,1H3,(H,11,12)/t5-/m0/s1. The molecule has 1 heterocycles. The lowest BCUT2D eigenvalue weighted by Gasteiger charge is -2.19. The number of carboxylic acids is 1. The third-order valence-corrected chi connectivity index (χ3v) is 1.79. The van der Waals surface area contributed by atoms with Crippen LogP contribution < -0.4 is 5.43 Å². The lowest BCUT2D eigenvalue weighted by atomic mass is 10.4. The smallest absolute Gasteiger partial charge is 0.322 e. The third kappa shape index (κ3) is 1.94. The molecule has 5 heteroatoms. The molecule has 2 N–H and O–H groups in total. The van der Waals surface area contributed by atoms with Crippen LogP contribution in [-0.4, -0.2) is 34.6 Å². The van der Waals surface area contributed by atoms with E-state index in [4.69, 9.17) is 5.11 Å². The molecule has 0 aromatic rings. The zero-order valence-corrected chi connectivity index (χ0v) is 6.91. The van der Waals surface area contributed by atoms with Gasteiger partial charge in [-0.2, -0.15) is 0 Å². The van der Waals surface area contributed by atoms with Gasteiger partial charge in [0.25, 0.3) is 0 Å². The van der Waals surface area contributed by atoms with E-state index in [1.165, 1.54) is 11.9 Å². The summed E-state index contributed by atoms with van der Waals surface area (Å²) in [7, 11) is 0. The van der Waals surface area contributed by atoms with Crippen LogP contribution in [-0.2, 0) is 9.59 Å². The number of rotatable bonds is 3. The van der Waals surface area contributed by atoms with E-state index in [0.717, 1.165) is 6.42 Å². The molecular weight excluding hydrogens is 160 g/mol. The molecule has 5 nitrogen and oxygen atoms in total. The van der Waals surface area contributed by atoms with Crippen molar-refractivity contribution in [2.24, 2.45) is 0 Å². The molecule has 1 rings (SSSR count). The van der Waals surface area contributed by atoms with Crippen molar-refractivity contribution in [3.05, 3.63) is 0 Å². The van der Waals surface area contributed by atoms with Gasteiger partial charge in [0, 0.05) is 13.0 Å². The quantitative estimate of drug-likeness (QED) is 0.607. The fourth-order valence-corrected chi connectivity index (χ4v) is 1.07. The van der Waals surface area contributed by atoms with Gasteiger partial charge in [-0.05, 0) is 13.3 Å². The van der Waals surface area contributed by atoms with E-state index >= 15 is 0 Å². The molecule has 0 radical (unpaired) electrons. The number of hydrogen-bond donors (Lipinski definition) is 2. The Morgan fingerprint density at radius 2 is 2.42 bits per heavy atom. The Hall–Kier alpha value is -1.10. The lowest BCUT2D eigenvalue weighted by molar-refractivity contribution is -0.142. The largest absolute Gasteiger partial charge is 0.480 e. The molecule has 0 aromatic carbocycles. The van der Waals surface area contributed by atoms with Crippen molar-refractivity contribution in [1.82, 2.24) is 10.4 Å². The van der Waals surface area contributed by atoms with Gasteiger partial charge in [0.15, 0.2) is 0 Å². The Bertz CT molecular complexity index is 205. The summed E-state index contributed by atoms with van der Waals surface area (Å²) in [6.07, 6.45) is 1.32. The lowest BCUT2D eigenvalue weighted by Crippen LogP contribution is -2.47. The van der Waals surface area contributed by atoms with Crippen molar-refractivity contribution in [2.75, 3.05) is 6.54 Å². The molecular formula is C7H12N2O3. The summed E-state index contributed by atoms with van der Waals surface area (Å²) >= 11 is 0. The van der Waals surface area contributed by atoms with Gasteiger partial charge in [0.1, 0.15) is 6.04 Å². The first-order valence-corrected chi connectivity index (χ1v) is 3.90. The number of hydrazine groups is 1. The Balaban J connectivity index is 2.40. The van der Waals surface area contributed by atoms with E-state index in [0.29, 0.717) is 13.0 Å². The molecule has 1 atom stereocenters. The molecule has 0 unspecified atom stereocenters. The summed E-state index contributed by atoms with van der Waals surface area (Å²) in [6, 6.07) is -0.702. The number of carbonyl (C=O) groups excluding carboxylic acids is 1. The topological polar surface area (TPSA) is 69.6 Å². The molecule has 1 fully saturated rings. The highest BCUT2D eigenvalue weighted by molar-refractivity contribution is 5.78. The van der Waals surface area contributed by atoms with E-state index in [1.54, 1.807) is 0 Å². The summed E-state index contributed by atoms with van der Waals surface area (Å²) in [5.41, 5.74) is 2.61. The third-order valence-electron chi connectivity index (χ3n) is 1.79. The van der Waals surface area contributed by atoms with Crippen molar-refractivity contribution >= 4 is 11.9 Å². The minimum absolute atomic E-state index is 0.0249. The Kier molecular flexibility index (Phi) is 2.65. The Morgan fingerprint density at radius 3 is 2.83 bits per heavy atom. The number of nitrogens with one attached hydrogen (secondary N) is 1. The molecule has 0 saturated carbocycles. The predicted octanol–water partition coefficient (Wildman–Crippen LogP) is -0.414. The highest BCUT2D eigenvalue weighted by atomic mass is 16.4. The molecule has 68 valence electrons. The minimum atomic E-state index is -0.949. The van der Waals surface area contributed by atoms with Gasteiger partial charge in [-0.3, -0.25) is 14.6 Å². The van der Waals surface area contributed by atoms with Gasteiger partial charge in [-0.1, -0.05) is 0 Å². The van der Waals surface area contributed by atoms with Crippen LogP contribution in [0.5, 0.6) is 0 Å². The van der Waals surface area contributed by atoms with Crippen LogP contribution in [0.15, 0.2) is 0 Å². The molecule has 0 spiro atoms. The average Bonchev–Trinajstić information content (AvgIpc) is 2.36. The Morgan fingerprint density at radius 1 is 1.75 bits per heavy atom. The fourth-order valence-electron chi connectivity index (χ4n) is 1.07. The van der Waals surface area contributed by atoms with Crippen molar-refractivity contribution < 1.29 is 14.7 Å². The first kappa shape index (κ1) is 8.99. The van der Waals surface area contributed by atoms with Gasteiger partial charge < -0.3 is 5.11 Å². The summed E-state index contributed by atoms with van der Waals surface area (Å²) in [5.74, 6) is -0.974. The molecule has 1 aliphatic heterocycles. The van der Waals surface area contributed by atoms with Crippen LogP contribution >= 0.6 is 0 Å². The molecule has 12 heavy (non-hydrogen) atoms.